The van der Waals surface area contributed by atoms with Gasteiger partial charge in [0.2, 0.25) is 0 Å². The lowest BCUT2D eigenvalue weighted by Gasteiger charge is -2.29. The number of hydrogen-bond acceptors (Lipinski definition) is 3. The van der Waals surface area contributed by atoms with E-state index >= 15 is 0 Å². The number of carbonyl (C=O) groups excluding carboxylic acids is 1. The fraction of sp³-hybridized carbons (Fsp3) is 0.278. The molecule has 2 aromatic heterocycles. The van der Waals surface area contributed by atoms with E-state index < -0.39 is 0 Å². The van der Waals surface area contributed by atoms with Crippen molar-refractivity contribution in [3.05, 3.63) is 53.7 Å². The van der Waals surface area contributed by atoms with Gasteiger partial charge in [-0.2, -0.15) is 5.10 Å². The van der Waals surface area contributed by atoms with E-state index in [2.05, 4.69) is 18.9 Å². The van der Waals surface area contributed by atoms with Crippen LogP contribution in [0.5, 0.6) is 0 Å². The van der Waals surface area contributed by atoms with Crippen molar-refractivity contribution in [1.29, 1.82) is 0 Å². The van der Waals surface area contributed by atoms with E-state index in [1.54, 1.807) is 29.0 Å². The van der Waals surface area contributed by atoms with E-state index in [1.807, 2.05) is 0 Å². The first-order valence-electron chi connectivity index (χ1n) is 7.59. The van der Waals surface area contributed by atoms with Crippen LogP contribution < -0.4 is 0 Å². The lowest BCUT2D eigenvalue weighted by Crippen LogP contribution is -2.28. The summed E-state index contributed by atoms with van der Waals surface area (Å²) in [6, 6.07) is 6.26. The Bertz CT molecular complexity index is 925. The Kier molecular flexibility index (Phi) is 2.88. The van der Waals surface area contributed by atoms with E-state index in [0.29, 0.717) is 17.6 Å². The summed E-state index contributed by atoms with van der Waals surface area (Å²) in [7, 11) is 0. The van der Waals surface area contributed by atoms with Gasteiger partial charge in [-0.1, -0.05) is 26.0 Å². The molecule has 0 fully saturated rings. The Morgan fingerprint density at radius 1 is 1.13 bits per heavy atom. The summed E-state index contributed by atoms with van der Waals surface area (Å²) in [4.78, 5) is 17.0. The summed E-state index contributed by atoms with van der Waals surface area (Å²) < 4.78 is 14.8. The quantitative estimate of drug-likeness (QED) is 0.689. The first-order chi connectivity index (χ1) is 10.9. The van der Waals surface area contributed by atoms with Crippen LogP contribution in [0.4, 0.5) is 4.39 Å². The maximum Gasteiger partial charge on any atom is 0.166 e. The number of benzene rings is 1. The summed E-state index contributed by atoms with van der Waals surface area (Å²) in [5.74, 6) is -0.160. The zero-order chi connectivity index (χ0) is 16.2. The Balaban J connectivity index is 1.90. The zero-order valence-electron chi connectivity index (χ0n) is 13.0. The SMILES string of the molecule is CC1(C)CC(=O)c2cn3ncc(-c4ccc(F)cc4)c3nc2C1. The van der Waals surface area contributed by atoms with Crippen molar-refractivity contribution in [2.75, 3.05) is 0 Å². The molecule has 0 unspecified atom stereocenters. The number of aromatic nitrogens is 3. The van der Waals surface area contributed by atoms with Gasteiger partial charge >= 0.3 is 0 Å². The minimum absolute atomic E-state index is 0.0779. The highest BCUT2D eigenvalue weighted by Crippen LogP contribution is 2.35. The normalized spacial score (nSPS) is 16.6. The van der Waals surface area contributed by atoms with Crippen molar-refractivity contribution in [1.82, 2.24) is 14.6 Å². The molecule has 0 saturated carbocycles. The molecule has 0 aliphatic heterocycles. The molecule has 4 rings (SSSR count). The molecule has 0 radical (unpaired) electrons. The van der Waals surface area contributed by atoms with Crippen LogP contribution >= 0.6 is 0 Å². The number of halogens is 1. The second-order valence-electron chi connectivity index (χ2n) is 6.88. The van der Waals surface area contributed by atoms with Crippen molar-refractivity contribution in [3.8, 4) is 11.1 Å². The van der Waals surface area contributed by atoms with E-state index in [4.69, 9.17) is 4.98 Å². The molecule has 1 aromatic carbocycles. The van der Waals surface area contributed by atoms with Gasteiger partial charge < -0.3 is 0 Å². The van der Waals surface area contributed by atoms with E-state index in [0.717, 1.165) is 23.2 Å². The minimum atomic E-state index is -0.275. The Hall–Kier alpha value is -2.56. The fourth-order valence-electron chi connectivity index (χ4n) is 3.19. The molecule has 4 nitrogen and oxygen atoms in total. The molecule has 0 bridgehead atoms. The van der Waals surface area contributed by atoms with Crippen molar-refractivity contribution >= 4 is 11.4 Å². The fourth-order valence-corrected chi connectivity index (χ4v) is 3.19. The third-order valence-electron chi connectivity index (χ3n) is 4.31. The van der Waals surface area contributed by atoms with Crippen LogP contribution in [0.15, 0.2) is 36.7 Å². The van der Waals surface area contributed by atoms with Crippen LogP contribution in [-0.4, -0.2) is 20.4 Å². The molecule has 0 amide bonds. The maximum atomic E-state index is 13.1. The van der Waals surface area contributed by atoms with Crippen molar-refractivity contribution in [3.63, 3.8) is 0 Å². The molecule has 0 N–H and O–H groups in total. The topological polar surface area (TPSA) is 47.3 Å². The standard InChI is InChI=1S/C18H16FN3O/c1-18(2)7-15-14(16(23)8-18)10-22-17(21-15)13(9-20-22)11-3-5-12(19)6-4-11/h3-6,9-10H,7-8H2,1-2H3. The number of nitrogens with zero attached hydrogens (tertiary/aromatic N) is 3. The molecule has 3 aromatic rings. The average molecular weight is 309 g/mol. The van der Waals surface area contributed by atoms with Crippen molar-refractivity contribution in [2.45, 2.75) is 26.7 Å². The number of rotatable bonds is 1. The van der Waals surface area contributed by atoms with Gasteiger partial charge in [-0.3, -0.25) is 4.79 Å². The molecule has 0 atom stereocenters. The molecule has 0 spiro atoms. The Labute approximate surface area is 133 Å². The number of carbonyl (C=O) groups is 1. The Morgan fingerprint density at radius 3 is 2.61 bits per heavy atom. The highest BCUT2D eigenvalue weighted by molar-refractivity contribution is 5.98. The smallest absolute Gasteiger partial charge is 0.166 e. The lowest BCUT2D eigenvalue weighted by atomic mass is 9.76. The predicted molar refractivity (Wildman–Crippen MR) is 84.8 cm³/mol. The maximum absolute atomic E-state index is 13.1. The first-order valence-corrected chi connectivity index (χ1v) is 7.59. The molecule has 2 heterocycles. The number of ketones is 1. The first kappa shape index (κ1) is 14.1. The second-order valence-corrected chi connectivity index (χ2v) is 6.88. The van der Waals surface area contributed by atoms with Gasteiger partial charge in [0.15, 0.2) is 11.4 Å². The molecule has 116 valence electrons. The molecule has 0 saturated heterocycles. The van der Waals surface area contributed by atoms with Gasteiger partial charge in [0.25, 0.3) is 0 Å². The van der Waals surface area contributed by atoms with Crippen LogP contribution in [-0.2, 0) is 6.42 Å². The molecular formula is C18H16FN3O. The van der Waals surface area contributed by atoms with Gasteiger partial charge in [0.1, 0.15) is 5.82 Å². The minimum Gasteiger partial charge on any atom is -0.294 e. The highest BCUT2D eigenvalue weighted by Gasteiger charge is 2.32. The largest absolute Gasteiger partial charge is 0.294 e. The summed E-state index contributed by atoms with van der Waals surface area (Å²) in [6.07, 6.45) is 4.76. The van der Waals surface area contributed by atoms with E-state index in [1.165, 1.54) is 12.1 Å². The average Bonchev–Trinajstić information content (AvgIpc) is 2.88. The van der Waals surface area contributed by atoms with Crippen LogP contribution in [0.25, 0.3) is 16.8 Å². The summed E-state index contributed by atoms with van der Waals surface area (Å²) in [5, 5.41) is 4.30. The van der Waals surface area contributed by atoms with Crippen LogP contribution in [0.2, 0.25) is 0 Å². The second kappa shape index (κ2) is 4.72. The third kappa shape index (κ3) is 2.32. The van der Waals surface area contributed by atoms with Gasteiger partial charge in [-0.05, 0) is 29.5 Å². The van der Waals surface area contributed by atoms with Crippen molar-refractivity contribution < 1.29 is 9.18 Å². The van der Waals surface area contributed by atoms with E-state index in [9.17, 15) is 9.18 Å². The third-order valence-corrected chi connectivity index (χ3v) is 4.31. The number of hydrogen-bond donors (Lipinski definition) is 0. The molecule has 1 aliphatic rings. The molecular weight excluding hydrogens is 293 g/mol. The lowest BCUT2D eigenvalue weighted by molar-refractivity contribution is 0.0909. The summed E-state index contributed by atoms with van der Waals surface area (Å²) >= 11 is 0. The summed E-state index contributed by atoms with van der Waals surface area (Å²) in [6.45, 7) is 4.16. The summed E-state index contributed by atoms with van der Waals surface area (Å²) in [5.41, 5.74) is 3.79. The van der Waals surface area contributed by atoms with Gasteiger partial charge in [-0.25, -0.2) is 13.9 Å². The monoisotopic (exact) mass is 309 g/mol. The van der Waals surface area contributed by atoms with Crippen LogP contribution in [0.1, 0.15) is 36.3 Å². The van der Waals surface area contributed by atoms with Gasteiger partial charge in [0.05, 0.1) is 17.5 Å². The van der Waals surface area contributed by atoms with Gasteiger partial charge in [-0.15, -0.1) is 0 Å². The molecule has 1 aliphatic carbocycles. The van der Waals surface area contributed by atoms with E-state index in [-0.39, 0.29) is 17.0 Å². The Morgan fingerprint density at radius 2 is 1.87 bits per heavy atom. The number of fused-ring (bicyclic) bond motifs is 2. The van der Waals surface area contributed by atoms with Crippen molar-refractivity contribution in [2.24, 2.45) is 5.41 Å². The zero-order valence-corrected chi connectivity index (χ0v) is 13.0. The predicted octanol–water partition coefficient (Wildman–Crippen LogP) is 3.69. The number of Topliss-reactive ketones (excluding diaryl/α,β-unsaturated/α-hetero) is 1. The van der Waals surface area contributed by atoms with Crippen LogP contribution in [0.3, 0.4) is 0 Å². The highest BCUT2D eigenvalue weighted by atomic mass is 19.1. The molecule has 5 heteroatoms. The van der Waals surface area contributed by atoms with Crippen LogP contribution in [0, 0.1) is 11.2 Å². The molecule has 23 heavy (non-hydrogen) atoms. The van der Waals surface area contributed by atoms with Gasteiger partial charge in [0, 0.05) is 18.2 Å².